The average Bonchev–Trinajstić information content (AvgIpc) is 3.11. The number of nitrogens with one attached hydrogen (secondary N) is 1. The minimum atomic E-state index is -0.282. The molecule has 2 heterocycles. The summed E-state index contributed by atoms with van der Waals surface area (Å²) in [5.74, 6) is -0.282. The van der Waals surface area contributed by atoms with E-state index in [1.165, 1.54) is 10.9 Å². The van der Waals surface area contributed by atoms with Gasteiger partial charge in [-0.1, -0.05) is 48.0 Å². The molecular formula is C20H16N4O2S. The normalized spacial score (nSPS) is 10.9. The molecule has 4 rings (SSSR count). The van der Waals surface area contributed by atoms with Crippen molar-refractivity contribution in [1.29, 1.82) is 0 Å². The van der Waals surface area contributed by atoms with Gasteiger partial charge in [0, 0.05) is 11.3 Å². The fraction of sp³-hybridized carbons (Fsp3) is 0.100. The first-order valence-corrected chi connectivity index (χ1v) is 9.16. The van der Waals surface area contributed by atoms with E-state index in [4.69, 9.17) is 0 Å². The third-order valence-electron chi connectivity index (χ3n) is 4.15. The van der Waals surface area contributed by atoms with Crippen LogP contribution in [-0.2, 0) is 11.3 Å². The Kier molecular flexibility index (Phi) is 4.52. The van der Waals surface area contributed by atoms with Crippen LogP contribution in [0.1, 0.15) is 5.56 Å². The van der Waals surface area contributed by atoms with Gasteiger partial charge < -0.3 is 5.32 Å². The molecule has 27 heavy (non-hydrogen) atoms. The maximum Gasteiger partial charge on any atom is 0.273 e. The van der Waals surface area contributed by atoms with Crippen LogP contribution in [0.15, 0.2) is 65.7 Å². The predicted octanol–water partition coefficient (Wildman–Crippen LogP) is 3.47. The highest BCUT2D eigenvalue weighted by molar-refractivity contribution is 7.13. The molecule has 7 heteroatoms. The lowest BCUT2D eigenvalue weighted by molar-refractivity contribution is -0.116. The standard InChI is InChI=1S/C20H16N4O2S/c1-13-7-9-15(10-8-13)22-16(25)11-24-12-21-18-17(14-5-3-2-4-6-14)23-27-19(18)20(24)26/h2-10,12H,11H2,1H3,(H,22,25). The molecule has 0 saturated heterocycles. The van der Waals surface area contributed by atoms with Gasteiger partial charge >= 0.3 is 0 Å². The van der Waals surface area contributed by atoms with Gasteiger partial charge in [-0.15, -0.1) is 0 Å². The van der Waals surface area contributed by atoms with Gasteiger partial charge in [-0.05, 0) is 30.6 Å². The molecule has 0 bridgehead atoms. The molecule has 0 saturated carbocycles. The molecule has 0 radical (unpaired) electrons. The largest absolute Gasteiger partial charge is 0.325 e. The van der Waals surface area contributed by atoms with Crippen LogP contribution in [0, 0.1) is 6.92 Å². The maximum atomic E-state index is 12.7. The number of rotatable bonds is 4. The van der Waals surface area contributed by atoms with Gasteiger partial charge in [-0.2, -0.15) is 4.37 Å². The Labute approximate surface area is 159 Å². The Bertz CT molecular complexity index is 1160. The number of aryl methyl sites for hydroxylation is 1. The summed E-state index contributed by atoms with van der Waals surface area (Å²) in [7, 11) is 0. The first-order chi connectivity index (χ1) is 13.1. The zero-order valence-corrected chi connectivity index (χ0v) is 15.4. The van der Waals surface area contributed by atoms with E-state index in [0.29, 0.717) is 21.6 Å². The van der Waals surface area contributed by atoms with Gasteiger partial charge in [0.2, 0.25) is 5.91 Å². The van der Waals surface area contributed by atoms with Crippen molar-refractivity contribution in [1.82, 2.24) is 13.9 Å². The Morgan fingerprint density at radius 2 is 1.85 bits per heavy atom. The maximum absolute atomic E-state index is 12.7. The first kappa shape index (κ1) is 17.1. The monoisotopic (exact) mass is 376 g/mol. The number of carbonyl (C=O) groups is 1. The molecule has 2 aromatic carbocycles. The molecular weight excluding hydrogens is 360 g/mol. The van der Waals surface area contributed by atoms with E-state index in [1.807, 2.05) is 61.5 Å². The van der Waals surface area contributed by atoms with Gasteiger partial charge in [-0.3, -0.25) is 14.2 Å². The zero-order valence-electron chi connectivity index (χ0n) is 14.5. The molecule has 0 aliphatic carbocycles. The number of benzene rings is 2. The molecule has 2 aromatic heterocycles. The van der Waals surface area contributed by atoms with Gasteiger partial charge in [-0.25, -0.2) is 4.98 Å². The van der Waals surface area contributed by atoms with Crippen molar-refractivity contribution < 1.29 is 4.79 Å². The van der Waals surface area contributed by atoms with Gasteiger partial charge in [0.1, 0.15) is 22.5 Å². The molecule has 1 amide bonds. The number of fused-ring (bicyclic) bond motifs is 1. The summed E-state index contributed by atoms with van der Waals surface area (Å²) in [6.07, 6.45) is 1.40. The van der Waals surface area contributed by atoms with E-state index < -0.39 is 0 Å². The van der Waals surface area contributed by atoms with E-state index >= 15 is 0 Å². The molecule has 6 nitrogen and oxygen atoms in total. The highest BCUT2D eigenvalue weighted by atomic mass is 32.1. The lowest BCUT2D eigenvalue weighted by atomic mass is 10.1. The molecule has 0 spiro atoms. The summed E-state index contributed by atoms with van der Waals surface area (Å²) in [5.41, 5.74) is 3.69. The molecule has 1 N–H and O–H groups in total. The fourth-order valence-electron chi connectivity index (χ4n) is 2.75. The summed E-state index contributed by atoms with van der Waals surface area (Å²) < 4.78 is 6.14. The topological polar surface area (TPSA) is 76.9 Å². The molecule has 0 unspecified atom stereocenters. The summed E-state index contributed by atoms with van der Waals surface area (Å²) in [5, 5.41) is 2.79. The lowest BCUT2D eigenvalue weighted by Gasteiger charge is -2.07. The number of amides is 1. The second-order valence-corrected chi connectivity index (χ2v) is 6.94. The van der Waals surface area contributed by atoms with Crippen LogP contribution in [0.4, 0.5) is 5.69 Å². The number of anilines is 1. The lowest BCUT2D eigenvalue weighted by Crippen LogP contribution is -2.27. The Hall–Kier alpha value is -3.32. The third-order valence-corrected chi connectivity index (χ3v) is 4.97. The smallest absolute Gasteiger partial charge is 0.273 e. The first-order valence-electron chi connectivity index (χ1n) is 8.38. The molecule has 134 valence electrons. The van der Waals surface area contributed by atoms with Crippen molar-refractivity contribution in [2.24, 2.45) is 0 Å². The highest BCUT2D eigenvalue weighted by Gasteiger charge is 2.15. The summed E-state index contributed by atoms with van der Waals surface area (Å²) in [4.78, 5) is 29.4. The van der Waals surface area contributed by atoms with Crippen LogP contribution in [0.5, 0.6) is 0 Å². The van der Waals surface area contributed by atoms with Crippen LogP contribution in [0.2, 0.25) is 0 Å². The van der Waals surface area contributed by atoms with Crippen molar-refractivity contribution in [3.8, 4) is 11.3 Å². The molecule has 0 aliphatic heterocycles. The molecule has 4 aromatic rings. The summed E-state index contributed by atoms with van der Waals surface area (Å²) in [6, 6.07) is 17.1. The quantitative estimate of drug-likeness (QED) is 0.592. The number of hydrogen-bond acceptors (Lipinski definition) is 5. The number of carbonyl (C=O) groups excluding carboxylic acids is 1. The SMILES string of the molecule is Cc1ccc(NC(=O)Cn2cnc3c(-c4ccccc4)nsc3c2=O)cc1. The Morgan fingerprint density at radius 3 is 2.59 bits per heavy atom. The Balaban J connectivity index is 1.60. The number of nitrogens with zero attached hydrogens (tertiary/aromatic N) is 3. The van der Waals surface area contributed by atoms with E-state index in [2.05, 4.69) is 14.7 Å². The van der Waals surface area contributed by atoms with Gasteiger partial charge in [0.05, 0.1) is 6.33 Å². The molecule has 0 aliphatic rings. The minimum absolute atomic E-state index is 0.103. The molecule has 0 fully saturated rings. The second kappa shape index (κ2) is 7.13. The van der Waals surface area contributed by atoms with Gasteiger partial charge in [0.15, 0.2) is 0 Å². The van der Waals surface area contributed by atoms with Crippen molar-refractivity contribution >= 4 is 33.3 Å². The highest BCUT2D eigenvalue weighted by Crippen LogP contribution is 2.26. The van der Waals surface area contributed by atoms with Crippen molar-refractivity contribution in [3.63, 3.8) is 0 Å². The number of aromatic nitrogens is 3. The predicted molar refractivity (Wildman–Crippen MR) is 107 cm³/mol. The zero-order chi connectivity index (χ0) is 18.8. The summed E-state index contributed by atoms with van der Waals surface area (Å²) in [6.45, 7) is 1.87. The molecule has 0 atom stereocenters. The van der Waals surface area contributed by atoms with Crippen LogP contribution in [-0.4, -0.2) is 19.8 Å². The second-order valence-electron chi connectivity index (χ2n) is 6.17. The Morgan fingerprint density at radius 1 is 1.11 bits per heavy atom. The van der Waals surface area contributed by atoms with E-state index in [-0.39, 0.29) is 18.0 Å². The van der Waals surface area contributed by atoms with Crippen molar-refractivity contribution in [2.75, 3.05) is 5.32 Å². The minimum Gasteiger partial charge on any atom is -0.325 e. The van der Waals surface area contributed by atoms with Crippen LogP contribution < -0.4 is 10.9 Å². The fourth-order valence-corrected chi connectivity index (χ4v) is 3.55. The van der Waals surface area contributed by atoms with Crippen molar-refractivity contribution in [3.05, 3.63) is 76.8 Å². The van der Waals surface area contributed by atoms with Crippen LogP contribution in [0.3, 0.4) is 0 Å². The van der Waals surface area contributed by atoms with E-state index in [9.17, 15) is 9.59 Å². The third kappa shape index (κ3) is 3.50. The van der Waals surface area contributed by atoms with Crippen LogP contribution >= 0.6 is 11.5 Å². The summed E-state index contributed by atoms with van der Waals surface area (Å²) >= 11 is 1.10. The van der Waals surface area contributed by atoms with E-state index in [0.717, 1.165) is 22.7 Å². The van der Waals surface area contributed by atoms with Crippen LogP contribution in [0.25, 0.3) is 21.5 Å². The van der Waals surface area contributed by atoms with Crippen molar-refractivity contribution in [2.45, 2.75) is 13.5 Å². The van der Waals surface area contributed by atoms with E-state index in [1.54, 1.807) is 0 Å². The average molecular weight is 376 g/mol. The van der Waals surface area contributed by atoms with Gasteiger partial charge in [0.25, 0.3) is 5.56 Å². The number of hydrogen-bond donors (Lipinski definition) is 1.